The summed E-state index contributed by atoms with van der Waals surface area (Å²) in [7, 11) is -2.88. The molecule has 0 saturated carbocycles. The van der Waals surface area contributed by atoms with Crippen LogP contribution in [0.15, 0.2) is 0 Å². The largest absolute Gasteiger partial charge is 0.355 e. The summed E-state index contributed by atoms with van der Waals surface area (Å²) >= 11 is 0. The third-order valence-electron chi connectivity index (χ3n) is 2.32. The van der Waals surface area contributed by atoms with Gasteiger partial charge in [-0.2, -0.15) is 0 Å². The van der Waals surface area contributed by atoms with Gasteiger partial charge in [0.15, 0.2) is 9.84 Å². The second-order valence-electron chi connectivity index (χ2n) is 3.95. The van der Waals surface area contributed by atoms with Gasteiger partial charge in [0.1, 0.15) is 5.78 Å². The van der Waals surface area contributed by atoms with Crippen LogP contribution in [0.4, 0.5) is 0 Å². The molecule has 1 saturated heterocycles. The average molecular weight is 233 g/mol. The van der Waals surface area contributed by atoms with Crippen LogP contribution in [0.25, 0.3) is 0 Å². The summed E-state index contributed by atoms with van der Waals surface area (Å²) in [6.07, 6.45) is 0.474. The molecule has 1 rings (SSSR count). The molecule has 15 heavy (non-hydrogen) atoms. The standard InChI is InChI=1S/C9H15NO4S/c1-7(11)4-9(12)10-5-8-2-3-15(13,14)6-8/h8H,2-6H2,1H3,(H,10,12). The van der Waals surface area contributed by atoms with Crippen molar-refractivity contribution in [1.29, 1.82) is 0 Å². The van der Waals surface area contributed by atoms with Gasteiger partial charge < -0.3 is 5.32 Å². The second-order valence-corrected chi connectivity index (χ2v) is 6.18. The molecule has 86 valence electrons. The number of sulfone groups is 1. The highest BCUT2D eigenvalue weighted by molar-refractivity contribution is 7.91. The van der Waals surface area contributed by atoms with E-state index in [1.165, 1.54) is 6.92 Å². The maximum atomic E-state index is 11.1. The Morgan fingerprint density at radius 1 is 1.40 bits per heavy atom. The molecular weight excluding hydrogens is 218 g/mol. The normalized spacial score (nSPS) is 23.7. The van der Waals surface area contributed by atoms with Crippen LogP contribution in [0.2, 0.25) is 0 Å². The Labute approximate surface area is 89.2 Å². The quantitative estimate of drug-likeness (QED) is 0.665. The lowest BCUT2D eigenvalue weighted by molar-refractivity contribution is -0.127. The fraction of sp³-hybridized carbons (Fsp3) is 0.778. The third kappa shape index (κ3) is 4.42. The lowest BCUT2D eigenvalue weighted by Crippen LogP contribution is -2.30. The number of Topliss-reactive ketones (excluding diaryl/α,β-unsaturated/α-hetero) is 1. The molecule has 0 aromatic heterocycles. The maximum Gasteiger partial charge on any atom is 0.227 e. The van der Waals surface area contributed by atoms with Gasteiger partial charge in [-0.05, 0) is 19.3 Å². The summed E-state index contributed by atoms with van der Waals surface area (Å²) in [5.74, 6) is -0.155. The summed E-state index contributed by atoms with van der Waals surface area (Å²) in [6.45, 7) is 1.70. The van der Waals surface area contributed by atoms with E-state index in [0.29, 0.717) is 13.0 Å². The van der Waals surface area contributed by atoms with E-state index in [-0.39, 0.29) is 35.5 Å². The Morgan fingerprint density at radius 3 is 2.53 bits per heavy atom. The molecule has 0 bridgehead atoms. The van der Waals surface area contributed by atoms with Gasteiger partial charge in [-0.25, -0.2) is 8.42 Å². The zero-order valence-electron chi connectivity index (χ0n) is 8.65. The number of hydrogen-bond acceptors (Lipinski definition) is 4. The summed E-state index contributed by atoms with van der Waals surface area (Å²) in [5.41, 5.74) is 0. The Hall–Kier alpha value is -0.910. The van der Waals surface area contributed by atoms with Crippen molar-refractivity contribution in [1.82, 2.24) is 5.32 Å². The molecule has 0 aromatic rings. The first-order valence-corrected chi connectivity index (χ1v) is 6.68. The van der Waals surface area contributed by atoms with Gasteiger partial charge >= 0.3 is 0 Å². The summed E-state index contributed by atoms with van der Waals surface area (Å²) < 4.78 is 22.2. The lowest BCUT2D eigenvalue weighted by atomic mass is 10.1. The van der Waals surface area contributed by atoms with Crippen molar-refractivity contribution in [3.8, 4) is 0 Å². The molecule has 0 aromatic carbocycles. The molecule has 0 spiro atoms. The Bertz CT molecular complexity index is 360. The molecule has 6 heteroatoms. The van der Waals surface area contributed by atoms with Gasteiger partial charge in [-0.15, -0.1) is 0 Å². The molecule has 1 aliphatic heterocycles. The van der Waals surface area contributed by atoms with Gasteiger partial charge in [0.05, 0.1) is 17.9 Å². The Morgan fingerprint density at radius 2 is 2.07 bits per heavy atom. The van der Waals surface area contributed by atoms with Crippen molar-refractivity contribution in [3.05, 3.63) is 0 Å². The highest BCUT2D eigenvalue weighted by Crippen LogP contribution is 2.17. The first kappa shape index (κ1) is 12.2. The summed E-state index contributed by atoms with van der Waals surface area (Å²) in [5, 5.41) is 2.57. The SMILES string of the molecule is CC(=O)CC(=O)NCC1CCS(=O)(=O)C1. The zero-order valence-corrected chi connectivity index (χ0v) is 9.47. The average Bonchev–Trinajstić information content (AvgIpc) is 2.41. The molecule has 5 nitrogen and oxygen atoms in total. The van der Waals surface area contributed by atoms with Crippen molar-refractivity contribution in [3.63, 3.8) is 0 Å². The van der Waals surface area contributed by atoms with Crippen molar-refractivity contribution in [2.45, 2.75) is 19.8 Å². The number of nitrogens with one attached hydrogen (secondary N) is 1. The molecule has 0 aliphatic carbocycles. The van der Waals surface area contributed by atoms with E-state index in [1.54, 1.807) is 0 Å². The summed E-state index contributed by atoms with van der Waals surface area (Å²) in [6, 6.07) is 0. The molecule has 1 amide bonds. The Balaban J connectivity index is 2.27. The van der Waals surface area contributed by atoms with Gasteiger partial charge in [0.25, 0.3) is 0 Å². The van der Waals surface area contributed by atoms with E-state index in [9.17, 15) is 18.0 Å². The van der Waals surface area contributed by atoms with Gasteiger partial charge in [-0.3, -0.25) is 9.59 Å². The number of hydrogen-bond donors (Lipinski definition) is 1. The van der Waals surface area contributed by atoms with Gasteiger partial charge in [0.2, 0.25) is 5.91 Å². The highest BCUT2D eigenvalue weighted by Gasteiger charge is 2.27. The third-order valence-corrected chi connectivity index (χ3v) is 4.16. The van der Waals surface area contributed by atoms with E-state index in [0.717, 1.165) is 0 Å². The van der Waals surface area contributed by atoms with Crippen LogP contribution in [0, 0.1) is 5.92 Å². The zero-order chi connectivity index (χ0) is 11.5. The second kappa shape index (κ2) is 4.74. The van der Waals surface area contributed by atoms with Gasteiger partial charge in [-0.1, -0.05) is 0 Å². The minimum absolute atomic E-state index is 0.00547. The van der Waals surface area contributed by atoms with Crippen LogP contribution in [0.5, 0.6) is 0 Å². The van der Waals surface area contributed by atoms with Crippen LogP contribution in [0.1, 0.15) is 19.8 Å². The maximum absolute atomic E-state index is 11.1. The predicted octanol–water partition coefficient (Wildman–Crippen LogP) is -0.484. The van der Waals surface area contributed by atoms with Crippen molar-refractivity contribution in [2.24, 2.45) is 5.92 Å². The fourth-order valence-corrected chi connectivity index (χ4v) is 3.44. The molecular formula is C9H15NO4S. The lowest BCUT2D eigenvalue weighted by Gasteiger charge is -2.08. The first-order valence-electron chi connectivity index (χ1n) is 4.85. The van der Waals surface area contributed by atoms with E-state index < -0.39 is 9.84 Å². The molecule has 1 unspecified atom stereocenters. The minimum atomic E-state index is -2.88. The number of carbonyl (C=O) groups excluding carboxylic acids is 2. The molecule has 0 radical (unpaired) electrons. The van der Waals surface area contributed by atoms with Crippen LogP contribution in [-0.2, 0) is 19.4 Å². The van der Waals surface area contributed by atoms with Crippen molar-refractivity contribution >= 4 is 21.5 Å². The molecule has 1 N–H and O–H groups in total. The van der Waals surface area contributed by atoms with E-state index in [4.69, 9.17) is 0 Å². The minimum Gasteiger partial charge on any atom is -0.355 e. The van der Waals surface area contributed by atoms with E-state index in [1.807, 2.05) is 0 Å². The van der Waals surface area contributed by atoms with Crippen molar-refractivity contribution < 1.29 is 18.0 Å². The summed E-state index contributed by atoms with van der Waals surface area (Å²) in [4.78, 5) is 21.7. The fourth-order valence-electron chi connectivity index (χ4n) is 1.58. The first-order chi connectivity index (χ1) is 6.89. The van der Waals surface area contributed by atoms with E-state index >= 15 is 0 Å². The van der Waals surface area contributed by atoms with Crippen LogP contribution in [0.3, 0.4) is 0 Å². The molecule has 1 fully saturated rings. The number of ketones is 1. The highest BCUT2D eigenvalue weighted by atomic mass is 32.2. The van der Waals surface area contributed by atoms with Crippen LogP contribution in [-0.4, -0.2) is 38.2 Å². The van der Waals surface area contributed by atoms with Gasteiger partial charge in [0, 0.05) is 6.54 Å². The number of amides is 1. The predicted molar refractivity (Wildman–Crippen MR) is 55.1 cm³/mol. The molecule has 1 aliphatic rings. The van der Waals surface area contributed by atoms with Crippen LogP contribution < -0.4 is 5.32 Å². The smallest absolute Gasteiger partial charge is 0.227 e. The molecule has 1 atom stereocenters. The monoisotopic (exact) mass is 233 g/mol. The topological polar surface area (TPSA) is 80.3 Å². The molecule has 1 heterocycles. The Kier molecular flexibility index (Phi) is 3.84. The number of carbonyl (C=O) groups is 2. The van der Waals surface area contributed by atoms with E-state index in [2.05, 4.69) is 5.32 Å². The number of rotatable bonds is 4. The van der Waals surface area contributed by atoms with Crippen LogP contribution >= 0.6 is 0 Å². The van der Waals surface area contributed by atoms with Crippen molar-refractivity contribution in [2.75, 3.05) is 18.1 Å².